The van der Waals surface area contributed by atoms with Crippen molar-refractivity contribution >= 4 is 11.5 Å². The Bertz CT molecular complexity index is 237. The largest absolute Gasteiger partial charge is 0.198 e. The molecule has 0 aliphatic carbocycles. The fourth-order valence-electron chi connectivity index (χ4n) is 1.13. The zero-order chi connectivity index (χ0) is 8.48. The number of nitrogens with zero attached hydrogens (tertiary/aromatic N) is 1. The number of aromatic nitrogens is 1. The first-order valence-corrected chi connectivity index (χ1v) is 4.83. The molecule has 0 amide bonds. The van der Waals surface area contributed by atoms with Gasteiger partial charge in [-0.3, -0.25) is 0 Å². The molecule has 1 aromatic heterocycles. The minimum absolute atomic E-state index is 0.303. The van der Waals surface area contributed by atoms with E-state index < -0.39 is 0 Å². The molecule has 1 nitrogen and oxygen atoms in total. The van der Waals surface area contributed by atoms with Crippen LogP contribution in [0.15, 0.2) is 5.38 Å². The molecule has 11 heavy (non-hydrogen) atoms. The second-order valence-corrected chi connectivity index (χ2v) is 4.18. The van der Waals surface area contributed by atoms with Crippen molar-refractivity contribution < 1.29 is 0 Å². The van der Waals surface area contributed by atoms with Gasteiger partial charge in [-0.15, -0.1) is 0 Å². The minimum atomic E-state index is 0.303. The molecule has 62 valence electrons. The molecular formula is C9H15NS. The van der Waals surface area contributed by atoms with E-state index in [0.29, 0.717) is 5.41 Å². The topological polar surface area (TPSA) is 12.9 Å². The van der Waals surface area contributed by atoms with Gasteiger partial charge < -0.3 is 0 Å². The Hall–Kier alpha value is -0.370. The van der Waals surface area contributed by atoms with E-state index >= 15 is 0 Å². The van der Waals surface area contributed by atoms with Crippen LogP contribution in [0.4, 0.5) is 0 Å². The summed E-state index contributed by atoms with van der Waals surface area (Å²) in [7, 11) is 0. The summed E-state index contributed by atoms with van der Waals surface area (Å²) >= 11 is 1.56. The van der Waals surface area contributed by atoms with Gasteiger partial charge in [0, 0.05) is 5.38 Å². The zero-order valence-electron chi connectivity index (χ0n) is 7.64. The summed E-state index contributed by atoms with van der Waals surface area (Å²) in [6.07, 6.45) is 1.17. The first kappa shape index (κ1) is 8.72. The van der Waals surface area contributed by atoms with E-state index in [9.17, 15) is 0 Å². The molecule has 1 heterocycles. The standard InChI is InChI=1S/C9H15NS/c1-5-9(3,4)8-6-11-10-7(8)2/h6H,5H2,1-4H3. The highest BCUT2D eigenvalue weighted by molar-refractivity contribution is 7.03. The monoisotopic (exact) mass is 169 g/mol. The molecule has 0 radical (unpaired) electrons. The van der Waals surface area contributed by atoms with Gasteiger partial charge in [-0.25, -0.2) is 0 Å². The second kappa shape index (κ2) is 2.94. The summed E-state index contributed by atoms with van der Waals surface area (Å²) in [6, 6.07) is 0. The molecule has 0 unspecified atom stereocenters. The Morgan fingerprint density at radius 3 is 2.55 bits per heavy atom. The van der Waals surface area contributed by atoms with Crippen LogP contribution < -0.4 is 0 Å². The maximum absolute atomic E-state index is 4.27. The fraction of sp³-hybridized carbons (Fsp3) is 0.667. The molecule has 2 heteroatoms. The third kappa shape index (κ3) is 1.62. The predicted molar refractivity (Wildman–Crippen MR) is 50.2 cm³/mol. The van der Waals surface area contributed by atoms with Crippen molar-refractivity contribution in [3.63, 3.8) is 0 Å². The average Bonchev–Trinajstić information content (AvgIpc) is 2.36. The lowest BCUT2D eigenvalue weighted by Crippen LogP contribution is -2.15. The van der Waals surface area contributed by atoms with Crippen LogP contribution in [0.25, 0.3) is 0 Å². The maximum Gasteiger partial charge on any atom is 0.0548 e. The normalized spacial score (nSPS) is 12.0. The molecule has 0 saturated carbocycles. The Balaban J connectivity index is 3.00. The van der Waals surface area contributed by atoms with E-state index in [0.717, 1.165) is 0 Å². The number of aryl methyl sites for hydroxylation is 1. The summed E-state index contributed by atoms with van der Waals surface area (Å²) in [5.74, 6) is 0. The molecule has 0 bridgehead atoms. The van der Waals surface area contributed by atoms with Gasteiger partial charge in [0.05, 0.1) is 5.69 Å². The van der Waals surface area contributed by atoms with E-state index in [2.05, 4.69) is 37.4 Å². The predicted octanol–water partition coefficient (Wildman–Crippen LogP) is 3.14. The van der Waals surface area contributed by atoms with Crippen molar-refractivity contribution in [3.8, 4) is 0 Å². The number of rotatable bonds is 2. The third-order valence-corrected chi connectivity index (χ3v) is 3.08. The summed E-state index contributed by atoms with van der Waals surface area (Å²) < 4.78 is 4.27. The van der Waals surface area contributed by atoms with Gasteiger partial charge in [0.15, 0.2) is 0 Å². The van der Waals surface area contributed by atoms with E-state index in [1.54, 1.807) is 11.5 Å². The third-order valence-electron chi connectivity index (χ3n) is 2.36. The van der Waals surface area contributed by atoms with Crippen LogP contribution in [0.1, 0.15) is 38.4 Å². The van der Waals surface area contributed by atoms with Gasteiger partial charge in [0.2, 0.25) is 0 Å². The van der Waals surface area contributed by atoms with Crippen molar-refractivity contribution in [2.24, 2.45) is 0 Å². The van der Waals surface area contributed by atoms with Crippen molar-refractivity contribution in [2.45, 2.75) is 39.5 Å². The van der Waals surface area contributed by atoms with Crippen LogP contribution >= 0.6 is 11.5 Å². The Morgan fingerprint density at radius 2 is 2.18 bits per heavy atom. The van der Waals surface area contributed by atoms with Gasteiger partial charge in [-0.1, -0.05) is 20.8 Å². The van der Waals surface area contributed by atoms with Crippen molar-refractivity contribution in [1.29, 1.82) is 0 Å². The van der Waals surface area contributed by atoms with Crippen LogP contribution in [0.3, 0.4) is 0 Å². The molecule has 0 aliphatic heterocycles. The van der Waals surface area contributed by atoms with E-state index in [4.69, 9.17) is 0 Å². The van der Waals surface area contributed by atoms with Crippen molar-refractivity contribution in [3.05, 3.63) is 16.6 Å². The van der Waals surface area contributed by atoms with E-state index in [1.807, 2.05) is 0 Å². The van der Waals surface area contributed by atoms with Crippen molar-refractivity contribution in [2.75, 3.05) is 0 Å². The fourth-order valence-corrected chi connectivity index (χ4v) is 2.04. The van der Waals surface area contributed by atoms with Gasteiger partial charge in [-0.05, 0) is 35.9 Å². The highest BCUT2D eigenvalue weighted by Crippen LogP contribution is 2.29. The van der Waals surface area contributed by atoms with Gasteiger partial charge in [0.25, 0.3) is 0 Å². The molecule has 1 aromatic rings. The van der Waals surface area contributed by atoms with E-state index in [1.165, 1.54) is 17.7 Å². The SMILES string of the molecule is CCC(C)(C)c1csnc1C. The van der Waals surface area contributed by atoms with Gasteiger partial charge in [-0.2, -0.15) is 4.37 Å². The summed E-state index contributed by atoms with van der Waals surface area (Å²) in [5.41, 5.74) is 2.91. The summed E-state index contributed by atoms with van der Waals surface area (Å²) in [4.78, 5) is 0. The second-order valence-electron chi connectivity index (χ2n) is 3.55. The number of hydrogen-bond donors (Lipinski definition) is 0. The van der Waals surface area contributed by atoms with Crippen LogP contribution in [-0.4, -0.2) is 4.37 Å². The van der Waals surface area contributed by atoms with Gasteiger partial charge >= 0.3 is 0 Å². The highest BCUT2D eigenvalue weighted by atomic mass is 32.1. The zero-order valence-corrected chi connectivity index (χ0v) is 8.46. The molecular weight excluding hydrogens is 154 g/mol. The summed E-state index contributed by atoms with van der Waals surface area (Å²) in [5, 5.41) is 2.17. The molecule has 0 atom stereocenters. The van der Waals surface area contributed by atoms with Crippen LogP contribution in [-0.2, 0) is 5.41 Å². The highest BCUT2D eigenvalue weighted by Gasteiger charge is 2.21. The minimum Gasteiger partial charge on any atom is -0.198 e. The van der Waals surface area contributed by atoms with Crippen LogP contribution in [0.2, 0.25) is 0 Å². The van der Waals surface area contributed by atoms with Gasteiger partial charge in [0.1, 0.15) is 0 Å². The maximum atomic E-state index is 4.27. The lowest BCUT2D eigenvalue weighted by atomic mass is 9.83. The lowest BCUT2D eigenvalue weighted by molar-refractivity contribution is 0.504. The molecule has 0 aliphatic rings. The Labute approximate surface area is 72.6 Å². The van der Waals surface area contributed by atoms with Crippen LogP contribution in [0, 0.1) is 6.92 Å². The Morgan fingerprint density at radius 1 is 1.55 bits per heavy atom. The molecule has 0 saturated heterocycles. The Kier molecular flexibility index (Phi) is 2.33. The quantitative estimate of drug-likeness (QED) is 0.662. The first-order chi connectivity index (χ1) is 5.08. The summed E-state index contributed by atoms with van der Waals surface area (Å²) in [6.45, 7) is 8.84. The first-order valence-electron chi connectivity index (χ1n) is 3.99. The molecule has 0 aromatic carbocycles. The molecule has 0 N–H and O–H groups in total. The molecule has 0 spiro atoms. The average molecular weight is 169 g/mol. The smallest absolute Gasteiger partial charge is 0.0548 e. The molecule has 0 fully saturated rings. The van der Waals surface area contributed by atoms with E-state index in [-0.39, 0.29) is 0 Å². The molecule has 1 rings (SSSR count). The number of hydrogen-bond acceptors (Lipinski definition) is 2. The van der Waals surface area contributed by atoms with Crippen molar-refractivity contribution in [1.82, 2.24) is 4.37 Å². The van der Waals surface area contributed by atoms with Crippen LogP contribution in [0.5, 0.6) is 0 Å². The lowest BCUT2D eigenvalue weighted by Gasteiger charge is -2.21.